The molecule has 0 amide bonds. The third-order valence-corrected chi connectivity index (χ3v) is 6.03. The second-order valence-electron chi connectivity index (χ2n) is 6.91. The molecule has 116 valence electrons. The van der Waals surface area contributed by atoms with E-state index in [9.17, 15) is 5.11 Å². The molecule has 2 fully saturated rings. The van der Waals surface area contributed by atoms with Gasteiger partial charge in [0.25, 0.3) is 0 Å². The Hall–Kier alpha value is -0.380. The molecule has 2 aliphatic rings. The smallest absolute Gasteiger partial charge is 0.0802 e. The van der Waals surface area contributed by atoms with Crippen LogP contribution >= 0.6 is 15.9 Å². The van der Waals surface area contributed by atoms with Gasteiger partial charge in [-0.25, -0.2) is 0 Å². The molecule has 1 aliphatic heterocycles. The Labute approximate surface area is 136 Å². The lowest BCUT2D eigenvalue weighted by atomic mass is 9.77. The fourth-order valence-electron chi connectivity index (χ4n) is 4.06. The van der Waals surface area contributed by atoms with Crippen LogP contribution in [-0.4, -0.2) is 29.6 Å². The molecule has 2 nitrogen and oxygen atoms in total. The van der Waals surface area contributed by atoms with E-state index in [1.165, 1.54) is 51.6 Å². The highest BCUT2D eigenvalue weighted by Crippen LogP contribution is 2.46. The Balaban J connectivity index is 1.45. The minimum Gasteiger partial charge on any atom is -0.388 e. The summed E-state index contributed by atoms with van der Waals surface area (Å²) < 4.78 is 1.04. The monoisotopic (exact) mass is 351 g/mol. The molecule has 1 saturated heterocycles. The number of likely N-dealkylation sites (tertiary alicyclic amines) is 1. The molecule has 0 aromatic heterocycles. The molecule has 1 N–H and O–H groups in total. The van der Waals surface area contributed by atoms with Gasteiger partial charge in [-0.05, 0) is 68.3 Å². The van der Waals surface area contributed by atoms with Crippen molar-refractivity contribution in [3.8, 4) is 0 Å². The van der Waals surface area contributed by atoms with Crippen LogP contribution in [0.25, 0.3) is 0 Å². The van der Waals surface area contributed by atoms with Crippen molar-refractivity contribution in [2.24, 2.45) is 5.41 Å². The van der Waals surface area contributed by atoms with Gasteiger partial charge < -0.3 is 10.0 Å². The fourth-order valence-corrected chi connectivity index (χ4v) is 4.48. The van der Waals surface area contributed by atoms with Crippen LogP contribution in [0.5, 0.6) is 0 Å². The van der Waals surface area contributed by atoms with E-state index < -0.39 is 0 Å². The molecule has 1 aliphatic carbocycles. The summed E-state index contributed by atoms with van der Waals surface area (Å²) in [6.07, 6.45) is 9.06. The van der Waals surface area contributed by atoms with Gasteiger partial charge in [0, 0.05) is 11.0 Å². The molecular formula is C18H26BrNO. The Morgan fingerprint density at radius 3 is 2.52 bits per heavy atom. The Morgan fingerprint density at radius 1 is 1.14 bits per heavy atom. The molecule has 21 heavy (non-hydrogen) atoms. The number of hydrogen-bond donors (Lipinski definition) is 1. The maximum Gasteiger partial charge on any atom is 0.0802 e. The number of hydrogen-bond acceptors (Lipinski definition) is 2. The maximum absolute atomic E-state index is 10.3. The van der Waals surface area contributed by atoms with Crippen LogP contribution in [0, 0.1) is 5.41 Å². The lowest BCUT2D eigenvalue weighted by molar-refractivity contribution is 0.0870. The van der Waals surface area contributed by atoms with E-state index in [-0.39, 0.29) is 6.10 Å². The molecule has 1 spiro atoms. The first-order valence-electron chi connectivity index (χ1n) is 8.33. The van der Waals surface area contributed by atoms with Crippen molar-refractivity contribution < 1.29 is 5.11 Å². The van der Waals surface area contributed by atoms with Crippen LogP contribution in [0.4, 0.5) is 0 Å². The molecule has 1 atom stereocenters. The number of piperidine rings is 1. The first kappa shape index (κ1) is 15.5. The molecular weight excluding hydrogens is 326 g/mol. The van der Waals surface area contributed by atoms with E-state index in [2.05, 4.69) is 20.8 Å². The number of nitrogens with zero attached hydrogens (tertiary/aromatic N) is 1. The minimum atomic E-state index is -0.343. The Bertz CT molecular complexity index is 460. The van der Waals surface area contributed by atoms with Crippen molar-refractivity contribution in [2.75, 3.05) is 19.6 Å². The SMILES string of the molecule is OC(CCN1CCC2(CCCC2)CC1)c1cccc(Br)c1. The number of rotatable bonds is 4. The first-order chi connectivity index (χ1) is 10.2. The van der Waals surface area contributed by atoms with Gasteiger partial charge in [-0.3, -0.25) is 0 Å². The summed E-state index contributed by atoms with van der Waals surface area (Å²) in [5.74, 6) is 0. The standard InChI is InChI=1S/C18H26BrNO/c19-16-5-3-4-15(14-16)17(21)6-11-20-12-9-18(10-13-20)7-1-2-8-18/h3-5,14,17,21H,1-2,6-13H2. The molecule has 0 bridgehead atoms. The first-order valence-corrected chi connectivity index (χ1v) is 9.12. The Kier molecular flexibility index (Phi) is 5.03. The van der Waals surface area contributed by atoms with Gasteiger partial charge in [-0.15, -0.1) is 0 Å². The number of halogens is 1. The van der Waals surface area contributed by atoms with Gasteiger partial charge in [0.1, 0.15) is 0 Å². The summed E-state index contributed by atoms with van der Waals surface area (Å²) >= 11 is 3.47. The van der Waals surface area contributed by atoms with E-state index in [4.69, 9.17) is 0 Å². The van der Waals surface area contributed by atoms with Crippen LogP contribution < -0.4 is 0 Å². The predicted octanol–water partition coefficient (Wildman–Crippen LogP) is 4.53. The Morgan fingerprint density at radius 2 is 1.86 bits per heavy atom. The van der Waals surface area contributed by atoms with Crippen LogP contribution in [0.3, 0.4) is 0 Å². The van der Waals surface area contributed by atoms with Crippen molar-refractivity contribution in [2.45, 2.75) is 51.0 Å². The summed E-state index contributed by atoms with van der Waals surface area (Å²) in [6, 6.07) is 8.03. The van der Waals surface area contributed by atoms with E-state index in [1.807, 2.05) is 24.3 Å². The van der Waals surface area contributed by atoms with Crippen molar-refractivity contribution in [3.05, 3.63) is 34.3 Å². The van der Waals surface area contributed by atoms with Crippen molar-refractivity contribution >= 4 is 15.9 Å². The molecule has 1 heterocycles. The summed E-state index contributed by atoms with van der Waals surface area (Å²) in [7, 11) is 0. The third kappa shape index (κ3) is 3.88. The van der Waals surface area contributed by atoms with Gasteiger partial charge in [-0.2, -0.15) is 0 Å². The molecule has 1 aromatic carbocycles. The van der Waals surface area contributed by atoms with Crippen molar-refractivity contribution in [1.82, 2.24) is 4.90 Å². The highest BCUT2D eigenvalue weighted by Gasteiger charge is 2.36. The molecule has 0 radical (unpaired) electrons. The fraction of sp³-hybridized carbons (Fsp3) is 0.667. The van der Waals surface area contributed by atoms with Crippen LogP contribution in [0.1, 0.15) is 56.6 Å². The summed E-state index contributed by atoms with van der Waals surface area (Å²) in [4.78, 5) is 2.55. The van der Waals surface area contributed by atoms with Gasteiger partial charge in [-0.1, -0.05) is 40.9 Å². The van der Waals surface area contributed by atoms with Gasteiger partial charge in [0.2, 0.25) is 0 Å². The van der Waals surface area contributed by atoms with E-state index in [0.29, 0.717) is 5.41 Å². The predicted molar refractivity (Wildman–Crippen MR) is 90.3 cm³/mol. The largest absolute Gasteiger partial charge is 0.388 e. The van der Waals surface area contributed by atoms with Gasteiger partial charge in [0.05, 0.1) is 6.10 Å². The van der Waals surface area contributed by atoms with Gasteiger partial charge in [0.15, 0.2) is 0 Å². The van der Waals surface area contributed by atoms with Crippen molar-refractivity contribution in [3.63, 3.8) is 0 Å². The number of benzene rings is 1. The summed E-state index contributed by atoms with van der Waals surface area (Å²) in [5.41, 5.74) is 1.72. The van der Waals surface area contributed by atoms with E-state index in [1.54, 1.807) is 0 Å². The molecule has 3 heteroatoms. The van der Waals surface area contributed by atoms with Crippen molar-refractivity contribution in [1.29, 1.82) is 0 Å². The van der Waals surface area contributed by atoms with Crippen LogP contribution in [0.15, 0.2) is 28.7 Å². The molecule has 3 rings (SSSR count). The lowest BCUT2D eigenvalue weighted by Crippen LogP contribution is -2.39. The number of aliphatic hydroxyl groups excluding tert-OH is 1. The quantitative estimate of drug-likeness (QED) is 0.861. The summed E-state index contributed by atoms with van der Waals surface area (Å²) in [6.45, 7) is 3.47. The summed E-state index contributed by atoms with van der Waals surface area (Å²) in [5, 5.41) is 10.3. The van der Waals surface area contributed by atoms with E-state index >= 15 is 0 Å². The second kappa shape index (κ2) is 6.80. The van der Waals surface area contributed by atoms with Gasteiger partial charge >= 0.3 is 0 Å². The minimum absolute atomic E-state index is 0.343. The van der Waals surface area contributed by atoms with E-state index in [0.717, 1.165) is 23.0 Å². The zero-order chi connectivity index (χ0) is 14.7. The third-order valence-electron chi connectivity index (χ3n) is 5.53. The zero-order valence-electron chi connectivity index (χ0n) is 12.7. The molecule has 1 unspecified atom stereocenters. The molecule has 1 aromatic rings. The zero-order valence-corrected chi connectivity index (χ0v) is 14.3. The maximum atomic E-state index is 10.3. The second-order valence-corrected chi connectivity index (χ2v) is 7.82. The van der Waals surface area contributed by atoms with Crippen LogP contribution in [0.2, 0.25) is 0 Å². The molecule has 1 saturated carbocycles. The number of aliphatic hydroxyl groups is 1. The average molecular weight is 352 g/mol. The highest BCUT2D eigenvalue weighted by molar-refractivity contribution is 9.10. The highest BCUT2D eigenvalue weighted by atomic mass is 79.9. The average Bonchev–Trinajstić information content (AvgIpc) is 2.95. The van der Waals surface area contributed by atoms with Crippen LogP contribution in [-0.2, 0) is 0 Å². The lowest BCUT2D eigenvalue weighted by Gasteiger charge is -2.39. The normalized spacial score (nSPS) is 23.5. The topological polar surface area (TPSA) is 23.5 Å².